The molecule has 1 aliphatic rings. The Bertz CT molecular complexity index is 758. The molecule has 0 saturated carbocycles. The number of nitrogens with zero attached hydrogens (tertiary/aromatic N) is 5. The summed E-state index contributed by atoms with van der Waals surface area (Å²) >= 11 is 6.19. The summed E-state index contributed by atoms with van der Waals surface area (Å²) in [5, 5.41) is 14.6. The Morgan fingerprint density at radius 1 is 1.22 bits per heavy atom. The largest absolute Gasteiger partial charge is 0.384 e. The van der Waals surface area contributed by atoms with Crippen LogP contribution in [0.1, 0.15) is 12.0 Å². The minimum Gasteiger partial charge on any atom is -0.384 e. The highest BCUT2D eigenvalue weighted by Gasteiger charge is 2.18. The Hall–Kier alpha value is -2.45. The molecule has 1 aromatic carbocycles. The molecule has 0 spiro atoms. The van der Waals surface area contributed by atoms with Crippen molar-refractivity contribution in [1.82, 2.24) is 14.9 Å². The van der Waals surface area contributed by atoms with Gasteiger partial charge in [0.2, 0.25) is 5.95 Å². The van der Waals surface area contributed by atoms with E-state index in [-0.39, 0.29) is 5.69 Å². The summed E-state index contributed by atoms with van der Waals surface area (Å²) in [7, 11) is 0. The van der Waals surface area contributed by atoms with E-state index < -0.39 is 4.92 Å². The Balaban J connectivity index is 1.42. The molecule has 27 heavy (non-hydrogen) atoms. The van der Waals surface area contributed by atoms with Crippen LogP contribution in [0.25, 0.3) is 0 Å². The van der Waals surface area contributed by atoms with E-state index in [0.29, 0.717) is 5.02 Å². The third kappa shape index (κ3) is 5.05. The molecule has 0 aliphatic carbocycles. The summed E-state index contributed by atoms with van der Waals surface area (Å²) in [6.07, 6.45) is 4.51. The standard InChI is InChI=1S/C18H23ClN6O2/c1-14-12-15(25(26)27)13-16(19)17(14)20-6-3-7-23-8-10-24(11-9-23)18-21-4-2-5-22-18/h2,4-5,12-13,20H,3,6-11H2,1H3. The van der Waals surface area contributed by atoms with E-state index in [0.717, 1.165) is 62.9 Å². The fourth-order valence-electron chi connectivity index (χ4n) is 3.20. The molecule has 9 heteroatoms. The Morgan fingerprint density at radius 3 is 2.56 bits per heavy atom. The predicted octanol–water partition coefficient (Wildman–Crippen LogP) is 2.97. The maximum absolute atomic E-state index is 10.9. The van der Waals surface area contributed by atoms with Crippen LogP contribution >= 0.6 is 11.6 Å². The van der Waals surface area contributed by atoms with Crippen molar-refractivity contribution in [3.8, 4) is 0 Å². The summed E-state index contributed by atoms with van der Waals surface area (Å²) in [4.78, 5) is 23.7. The average molecular weight is 391 g/mol. The molecule has 0 atom stereocenters. The average Bonchev–Trinajstić information content (AvgIpc) is 2.67. The quantitative estimate of drug-likeness (QED) is 0.441. The molecule has 2 aromatic rings. The molecule has 144 valence electrons. The minimum absolute atomic E-state index is 0.0170. The summed E-state index contributed by atoms with van der Waals surface area (Å²) in [5.74, 6) is 0.794. The first-order chi connectivity index (χ1) is 13.0. The lowest BCUT2D eigenvalue weighted by atomic mass is 10.1. The summed E-state index contributed by atoms with van der Waals surface area (Å²) in [5.41, 5.74) is 1.57. The van der Waals surface area contributed by atoms with Gasteiger partial charge in [-0.2, -0.15) is 0 Å². The predicted molar refractivity (Wildman–Crippen MR) is 107 cm³/mol. The maximum Gasteiger partial charge on any atom is 0.271 e. The van der Waals surface area contributed by atoms with Crippen LogP contribution in [0.4, 0.5) is 17.3 Å². The Kier molecular flexibility index (Phi) is 6.41. The Labute approximate surface area is 163 Å². The van der Waals surface area contributed by atoms with Crippen molar-refractivity contribution in [2.24, 2.45) is 0 Å². The number of aromatic nitrogens is 2. The van der Waals surface area contributed by atoms with Gasteiger partial charge in [-0.25, -0.2) is 9.97 Å². The van der Waals surface area contributed by atoms with E-state index >= 15 is 0 Å². The lowest BCUT2D eigenvalue weighted by molar-refractivity contribution is -0.384. The number of benzene rings is 1. The van der Waals surface area contributed by atoms with Crippen LogP contribution in [0, 0.1) is 17.0 Å². The van der Waals surface area contributed by atoms with Crippen LogP contribution in [0.2, 0.25) is 5.02 Å². The zero-order chi connectivity index (χ0) is 19.2. The van der Waals surface area contributed by atoms with E-state index in [9.17, 15) is 10.1 Å². The molecule has 0 amide bonds. The van der Waals surface area contributed by atoms with Crippen molar-refractivity contribution in [2.75, 3.05) is 49.5 Å². The number of anilines is 2. The molecule has 0 radical (unpaired) electrons. The van der Waals surface area contributed by atoms with Crippen LogP contribution in [-0.4, -0.2) is 59.1 Å². The fraction of sp³-hybridized carbons (Fsp3) is 0.444. The van der Waals surface area contributed by atoms with Crippen LogP contribution in [0.3, 0.4) is 0 Å². The van der Waals surface area contributed by atoms with Crippen molar-refractivity contribution < 1.29 is 4.92 Å². The van der Waals surface area contributed by atoms with Gasteiger partial charge in [-0.3, -0.25) is 15.0 Å². The molecule has 3 rings (SSSR count). The highest BCUT2D eigenvalue weighted by molar-refractivity contribution is 6.33. The smallest absolute Gasteiger partial charge is 0.271 e. The van der Waals surface area contributed by atoms with Gasteiger partial charge >= 0.3 is 0 Å². The van der Waals surface area contributed by atoms with Crippen molar-refractivity contribution >= 4 is 28.9 Å². The van der Waals surface area contributed by atoms with E-state index in [1.165, 1.54) is 6.07 Å². The topological polar surface area (TPSA) is 87.4 Å². The third-order valence-electron chi connectivity index (χ3n) is 4.64. The first-order valence-corrected chi connectivity index (χ1v) is 9.35. The van der Waals surface area contributed by atoms with Crippen molar-refractivity contribution in [2.45, 2.75) is 13.3 Å². The first-order valence-electron chi connectivity index (χ1n) is 8.97. The number of nitro groups is 1. The maximum atomic E-state index is 10.9. The number of non-ortho nitro benzene ring substituents is 1. The second kappa shape index (κ2) is 8.96. The molecule has 1 aromatic heterocycles. The highest BCUT2D eigenvalue weighted by atomic mass is 35.5. The third-order valence-corrected chi connectivity index (χ3v) is 4.94. The zero-order valence-electron chi connectivity index (χ0n) is 15.3. The van der Waals surface area contributed by atoms with Gasteiger partial charge in [0.05, 0.1) is 15.6 Å². The second-order valence-corrected chi connectivity index (χ2v) is 6.94. The molecule has 0 unspecified atom stereocenters. The number of halogens is 1. The van der Waals surface area contributed by atoms with E-state index in [1.807, 2.05) is 13.0 Å². The van der Waals surface area contributed by atoms with E-state index in [1.54, 1.807) is 18.5 Å². The van der Waals surface area contributed by atoms with Gasteiger partial charge in [0, 0.05) is 57.3 Å². The minimum atomic E-state index is -0.428. The normalized spacial score (nSPS) is 15.0. The van der Waals surface area contributed by atoms with Crippen LogP contribution in [0.15, 0.2) is 30.6 Å². The number of aryl methyl sites for hydroxylation is 1. The fourth-order valence-corrected chi connectivity index (χ4v) is 3.52. The van der Waals surface area contributed by atoms with Gasteiger partial charge in [0.1, 0.15) is 0 Å². The van der Waals surface area contributed by atoms with Crippen molar-refractivity contribution in [3.63, 3.8) is 0 Å². The molecule has 1 fully saturated rings. The van der Waals surface area contributed by atoms with Gasteiger partial charge in [-0.15, -0.1) is 0 Å². The number of nitrogens with one attached hydrogen (secondary N) is 1. The van der Waals surface area contributed by atoms with E-state index in [4.69, 9.17) is 11.6 Å². The monoisotopic (exact) mass is 390 g/mol. The molecule has 0 bridgehead atoms. The number of rotatable bonds is 7. The molecular formula is C18H23ClN6O2. The summed E-state index contributed by atoms with van der Waals surface area (Å²) < 4.78 is 0. The lowest BCUT2D eigenvalue weighted by Gasteiger charge is -2.34. The Morgan fingerprint density at radius 2 is 1.93 bits per heavy atom. The highest BCUT2D eigenvalue weighted by Crippen LogP contribution is 2.30. The first kappa shape index (κ1) is 19.3. The summed E-state index contributed by atoms with van der Waals surface area (Å²) in [6, 6.07) is 4.76. The van der Waals surface area contributed by atoms with E-state index in [2.05, 4.69) is 25.1 Å². The van der Waals surface area contributed by atoms with Crippen molar-refractivity contribution in [3.05, 3.63) is 51.3 Å². The number of hydrogen-bond acceptors (Lipinski definition) is 7. The SMILES string of the molecule is Cc1cc([N+](=O)[O-])cc(Cl)c1NCCCN1CCN(c2ncccn2)CC1. The molecule has 8 nitrogen and oxygen atoms in total. The van der Waals surface area contributed by atoms with Gasteiger partial charge < -0.3 is 10.2 Å². The lowest BCUT2D eigenvalue weighted by Crippen LogP contribution is -2.47. The van der Waals surface area contributed by atoms with Gasteiger partial charge in [-0.1, -0.05) is 11.6 Å². The van der Waals surface area contributed by atoms with Crippen LogP contribution in [0.5, 0.6) is 0 Å². The molecule has 1 aliphatic heterocycles. The van der Waals surface area contributed by atoms with Crippen LogP contribution < -0.4 is 10.2 Å². The molecule has 2 heterocycles. The van der Waals surface area contributed by atoms with Gasteiger partial charge in [-0.05, 0) is 31.5 Å². The van der Waals surface area contributed by atoms with Crippen molar-refractivity contribution in [1.29, 1.82) is 0 Å². The van der Waals surface area contributed by atoms with Crippen LogP contribution in [-0.2, 0) is 0 Å². The second-order valence-electron chi connectivity index (χ2n) is 6.53. The number of piperazine rings is 1. The zero-order valence-corrected chi connectivity index (χ0v) is 16.0. The van der Waals surface area contributed by atoms with Gasteiger partial charge in [0.25, 0.3) is 5.69 Å². The number of nitro benzene ring substituents is 1. The molecular weight excluding hydrogens is 368 g/mol. The molecule has 1 N–H and O–H groups in total. The summed E-state index contributed by atoms with van der Waals surface area (Å²) in [6.45, 7) is 7.38. The number of hydrogen-bond donors (Lipinski definition) is 1. The van der Waals surface area contributed by atoms with Gasteiger partial charge in [0.15, 0.2) is 0 Å². The molecule has 1 saturated heterocycles.